The molecule has 7 N–H and O–H groups in total. The maximum atomic E-state index is 14.0. The van der Waals surface area contributed by atoms with Crippen molar-refractivity contribution < 1.29 is 44.3 Å². The lowest BCUT2D eigenvalue weighted by molar-refractivity contribution is -0.153. The van der Waals surface area contributed by atoms with E-state index in [1.807, 2.05) is 0 Å². The summed E-state index contributed by atoms with van der Waals surface area (Å²) >= 11 is 0. The van der Waals surface area contributed by atoms with Crippen molar-refractivity contribution in [3.63, 3.8) is 0 Å². The Balaban J connectivity index is 1.55. The zero-order chi connectivity index (χ0) is 33.1. The number of aliphatic hydroxyl groups excluding tert-OH is 2. The highest BCUT2D eigenvalue weighted by atomic mass is 16.5. The van der Waals surface area contributed by atoms with Crippen molar-refractivity contribution in [1.82, 2.24) is 9.80 Å². The minimum absolute atomic E-state index is 0.0165. The molecule has 2 amide bonds. The van der Waals surface area contributed by atoms with Crippen LogP contribution in [0.2, 0.25) is 0 Å². The molecule has 13 heteroatoms. The minimum Gasteiger partial charge on any atom is -0.508 e. The zero-order valence-electron chi connectivity index (χ0n) is 25.5. The molecule has 5 rings (SSSR count). The van der Waals surface area contributed by atoms with Crippen molar-refractivity contribution in [1.29, 1.82) is 0 Å². The molecule has 238 valence electrons. The highest BCUT2D eigenvalue weighted by molar-refractivity contribution is 6.24. The molecule has 0 radical (unpaired) electrons. The van der Waals surface area contributed by atoms with Gasteiger partial charge in [0, 0.05) is 11.5 Å². The molecule has 45 heavy (non-hydrogen) atoms. The van der Waals surface area contributed by atoms with E-state index in [1.54, 1.807) is 49.3 Å². The van der Waals surface area contributed by atoms with Crippen LogP contribution in [0, 0.1) is 11.8 Å². The molecule has 2 aromatic rings. The average molecular weight is 621 g/mol. The van der Waals surface area contributed by atoms with Crippen molar-refractivity contribution >= 4 is 34.8 Å². The number of ether oxygens (including phenoxy) is 1. The summed E-state index contributed by atoms with van der Waals surface area (Å²) in [7, 11) is 8.05. The van der Waals surface area contributed by atoms with E-state index in [0.29, 0.717) is 16.9 Å². The molecule has 0 bridgehead atoms. The van der Waals surface area contributed by atoms with Gasteiger partial charge in [0.25, 0.3) is 5.91 Å². The van der Waals surface area contributed by atoms with Gasteiger partial charge in [-0.25, -0.2) is 0 Å². The van der Waals surface area contributed by atoms with Crippen LogP contribution in [-0.4, -0.2) is 101 Å². The monoisotopic (exact) mass is 620 g/mol. The summed E-state index contributed by atoms with van der Waals surface area (Å²) in [6, 6.07) is 8.10. The predicted octanol–water partition coefficient (Wildman–Crippen LogP) is 1.21. The first kappa shape index (κ1) is 31.7. The first-order chi connectivity index (χ1) is 21.1. The SMILES string of the molecule is COc1ccc(C(C(=O)Nc2ccc3c(c2O)C(O)=C2C(=O)C4(O)C(O)=C(C(N)=O)C(=O)[C@@H](N(C)C)C4CC2C3)N(C)C)cc1. The van der Waals surface area contributed by atoms with Crippen LogP contribution in [0.15, 0.2) is 53.3 Å². The van der Waals surface area contributed by atoms with E-state index in [1.165, 1.54) is 32.2 Å². The van der Waals surface area contributed by atoms with Gasteiger partial charge in [0.15, 0.2) is 11.4 Å². The summed E-state index contributed by atoms with van der Waals surface area (Å²) in [5.41, 5.74) is 2.47. The van der Waals surface area contributed by atoms with Gasteiger partial charge in [0.05, 0.1) is 24.4 Å². The number of Topliss-reactive ketones (excluding diaryl/α,β-unsaturated/α-hetero) is 2. The maximum Gasteiger partial charge on any atom is 0.255 e. The molecule has 3 aliphatic rings. The molecular formula is C32H36N4O9. The Bertz CT molecular complexity index is 1680. The Morgan fingerprint density at radius 3 is 2.24 bits per heavy atom. The number of aromatic hydroxyl groups is 1. The molecule has 0 aliphatic heterocycles. The van der Waals surface area contributed by atoms with Gasteiger partial charge in [-0.2, -0.15) is 0 Å². The summed E-state index contributed by atoms with van der Waals surface area (Å²) < 4.78 is 5.20. The van der Waals surface area contributed by atoms with Crippen molar-refractivity contribution in [2.75, 3.05) is 40.6 Å². The van der Waals surface area contributed by atoms with Gasteiger partial charge in [-0.3, -0.25) is 29.0 Å². The zero-order valence-corrected chi connectivity index (χ0v) is 25.5. The molecule has 3 aliphatic carbocycles. The second-order valence-electron chi connectivity index (χ2n) is 12.1. The number of aliphatic hydroxyl groups is 3. The fourth-order valence-corrected chi connectivity index (χ4v) is 6.99. The number of hydrogen-bond donors (Lipinski definition) is 6. The smallest absolute Gasteiger partial charge is 0.255 e. The van der Waals surface area contributed by atoms with Gasteiger partial charge in [0.2, 0.25) is 11.7 Å². The number of hydrogen-bond acceptors (Lipinski definition) is 11. The number of carbonyl (C=O) groups excluding carboxylic acids is 4. The number of amides is 2. The van der Waals surface area contributed by atoms with Crippen LogP contribution in [0.4, 0.5) is 5.69 Å². The van der Waals surface area contributed by atoms with E-state index in [-0.39, 0.29) is 29.7 Å². The van der Waals surface area contributed by atoms with Gasteiger partial charge >= 0.3 is 0 Å². The molecule has 5 atom stereocenters. The molecule has 0 spiro atoms. The van der Waals surface area contributed by atoms with Crippen molar-refractivity contribution in [3.05, 3.63) is 70.0 Å². The van der Waals surface area contributed by atoms with Crippen LogP contribution >= 0.6 is 0 Å². The fraction of sp³-hybridized carbons (Fsp3) is 0.375. The number of nitrogens with one attached hydrogen (secondary N) is 1. The third-order valence-electron chi connectivity index (χ3n) is 9.05. The van der Waals surface area contributed by atoms with Crippen molar-refractivity contribution in [3.8, 4) is 11.5 Å². The van der Waals surface area contributed by atoms with E-state index < -0.39 is 75.7 Å². The molecule has 13 nitrogen and oxygen atoms in total. The number of rotatable bonds is 7. The number of primary amides is 1. The van der Waals surface area contributed by atoms with Crippen LogP contribution in [0.25, 0.3) is 5.76 Å². The predicted molar refractivity (Wildman–Crippen MR) is 162 cm³/mol. The van der Waals surface area contributed by atoms with E-state index in [9.17, 15) is 39.6 Å². The average Bonchev–Trinajstić information content (AvgIpc) is 2.96. The second kappa shape index (κ2) is 11.3. The number of methoxy groups -OCH3 is 1. The number of fused-ring (bicyclic) bond motifs is 3. The number of phenols is 1. The normalized spacial score (nSPS) is 25.1. The molecule has 2 aromatic carbocycles. The van der Waals surface area contributed by atoms with Gasteiger partial charge in [-0.15, -0.1) is 0 Å². The van der Waals surface area contributed by atoms with Gasteiger partial charge < -0.3 is 36.2 Å². The van der Waals surface area contributed by atoms with E-state index in [4.69, 9.17) is 10.5 Å². The standard InChI is InChI=1S/C32H36N4O9/c1-35(2)23(14-6-9-17(45-5)10-7-14)31(43)34-19-11-8-15-12-16-13-18-24(36(3)4)27(39)22(30(33)42)29(41)32(18,44)28(40)21(16)26(38)20(15)25(19)37/h6-11,16,18,23-24,37-38,41,44H,12-13H2,1-5H3,(H2,33,42)(H,34,43)/t16?,18?,23?,24-,32?/m0/s1. The largest absolute Gasteiger partial charge is 0.508 e. The van der Waals surface area contributed by atoms with E-state index in [2.05, 4.69) is 5.32 Å². The van der Waals surface area contributed by atoms with Crippen LogP contribution in [-0.2, 0) is 25.6 Å². The summed E-state index contributed by atoms with van der Waals surface area (Å²) in [5.74, 6) is -7.24. The molecule has 1 fully saturated rings. The first-order valence-corrected chi connectivity index (χ1v) is 14.3. The van der Waals surface area contributed by atoms with Crippen LogP contribution in [0.3, 0.4) is 0 Å². The number of nitrogens with two attached hydrogens (primary N) is 1. The Labute approximate surface area is 259 Å². The van der Waals surface area contributed by atoms with Gasteiger partial charge in [-0.05, 0) is 76.3 Å². The lowest BCUT2D eigenvalue weighted by atomic mass is 9.57. The number of phenolic OH excluding ortho intramolecular Hbond substituents is 1. The van der Waals surface area contributed by atoms with Crippen molar-refractivity contribution in [2.24, 2.45) is 17.6 Å². The fourth-order valence-electron chi connectivity index (χ4n) is 6.99. The molecule has 1 saturated carbocycles. The number of benzene rings is 2. The van der Waals surface area contributed by atoms with E-state index in [0.717, 1.165) is 0 Å². The molecule has 0 saturated heterocycles. The summed E-state index contributed by atoms with van der Waals surface area (Å²) in [4.78, 5) is 56.0. The summed E-state index contributed by atoms with van der Waals surface area (Å²) in [6.07, 6.45) is 0.125. The minimum atomic E-state index is -2.73. The van der Waals surface area contributed by atoms with Crippen LogP contribution in [0.1, 0.15) is 29.2 Å². The Hall–Kier alpha value is -4.72. The first-order valence-electron chi connectivity index (χ1n) is 14.3. The molecular weight excluding hydrogens is 584 g/mol. The number of nitrogens with zero attached hydrogens (tertiary/aromatic N) is 2. The quantitative estimate of drug-likeness (QED) is 0.192. The molecule has 0 heterocycles. The number of carbonyl (C=O) groups is 4. The topological polar surface area (TPSA) is 203 Å². The van der Waals surface area contributed by atoms with Crippen LogP contribution in [0.5, 0.6) is 11.5 Å². The highest BCUT2D eigenvalue weighted by Crippen LogP contribution is 2.53. The Morgan fingerprint density at radius 2 is 1.69 bits per heavy atom. The second-order valence-corrected chi connectivity index (χ2v) is 12.1. The summed E-state index contributed by atoms with van der Waals surface area (Å²) in [5, 5.41) is 48.2. The lowest BCUT2D eigenvalue weighted by Gasteiger charge is -2.50. The van der Waals surface area contributed by atoms with Gasteiger partial charge in [-0.1, -0.05) is 18.2 Å². The van der Waals surface area contributed by atoms with Gasteiger partial charge in [0.1, 0.15) is 34.6 Å². The maximum absolute atomic E-state index is 14.0. The van der Waals surface area contributed by atoms with E-state index >= 15 is 0 Å². The van der Waals surface area contributed by atoms with Crippen molar-refractivity contribution in [2.45, 2.75) is 30.5 Å². The highest BCUT2D eigenvalue weighted by Gasteiger charge is 2.64. The number of anilines is 1. The summed E-state index contributed by atoms with van der Waals surface area (Å²) in [6.45, 7) is 0. The Kier molecular flexibility index (Phi) is 7.98. The number of likely N-dealkylation sites (N-methyl/N-ethyl adjacent to an activating group) is 2. The van der Waals surface area contributed by atoms with Crippen LogP contribution < -0.4 is 15.8 Å². The third-order valence-corrected chi connectivity index (χ3v) is 9.05. The molecule has 0 aromatic heterocycles. The Morgan fingerprint density at radius 1 is 1.04 bits per heavy atom. The lowest BCUT2D eigenvalue weighted by Crippen LogP contribution is -2.65. The third kappa shape index (κ3) is 4.83. The molecule has 4 unspecified atom stereocenters. The number of ketones is 2.